The molecule has 0 N–H and O–H groups in total. The Labute approximate surface area is 182 Å². The van der Waals surface area contributed by atoms with Crippen LogP contribution in [-0.4, -0.2) is 67.6 Å². The van der Waals surface area contributed by atoms with Gasteiger partial charge in [-0.1, -0.05) is 48.2 Å². The lowest BCUT2D eigenvalue weighted by molar-refractivity contribution is 0.0384. The normalized spacial score (nSPS) is 16.2. The van der Waals surface area contributed by atoms with Crippen molar-refractivity contribution in [3.63, 3.8) is 0 Å². The van der Waals surface area contributed by atoms with Crippen LogP contribution in [0.15, 0.2) is 48.5 Å². The van der Waals surface area contributed by atoms with Gasteiger partial charge in [0.25, 0.3) is 11.8 Å². The molecule has 6 nitrogen and oxygen atoms in total. The van der Waals surface area contributed by atoms with E-state index in [-0.39, 0.29) is 25.0 Å². The minimum absolute atomic E-state index is 0.0769. The van der Waals surface area contributed by atoms with E-state index < -0.39 is 0 Å². The van der Waals surface area contributed by atoms with Crippen molar-refractivity contribution >= 4 is 11.8 Å². The van der Waals surface area contributed by atoms with Gasteiger partial charge in [-0.05, 0) is 29.7 Å². The summed E-state index contributed by atoms with van der Waals surface area (Å²) in [5.41, 5.74) is 3.30. The molecule has 2 amide bonds. The largest absolute Gasteiger partial charge is 0.379 e. The Kier molecular flexibility index (Phi) is 7.11. The predicted octanol–water partition coefficient (Wildman–Crippen LogP) is 2.38. The maximum Gasteiger partial charge on any atom is 0.262 e. The molecule has 0 atom stereocenters. The van der Waals surface area contributed by atoms with Crippen molar-refractivity contribution in [3.8, 4) is 11.8 Å². The van der Waals surface area contributed by atoms with Crippen LogP contribution in [0.3, 0.4) is 0 Å². The van der Waals surface area contributed by atoms with Gasteiger partial charge >= 0.3 is 0 Å². The molecule has 2 aliphatic heterocycles. The highest BCUT2D eigenvalue weighted by Crippen LogP contribution is 2.21. The molecule has 0 saturated carbocycles. The second-order valence-electron chi connectivity index (χ2n) is 7.61. The monoisotopic (exact) mass is 418 g/mol. The molecule has 4 rings (SSSR count). The molecule has 1 fully saturated rings. The molecular formula is C25H26N2O4. The molecule has 0 aliphatic carbocycles. The van der Waals surface area contributed by atoms with Gasteiger partial charge in [-0.3, -0.25) is 19.4 Å². The number of rotatable bonds is 7. The number of morpholine rings is 1. The Bertz CT molecular complexity index is 950. The first-order chi connectivity index (χ1) is 15.2. The first kappa shape index (κ1) is 21.3. The second-order valence-corrected chi connectivity index (χ2v) is 7.61. The van der Waals surface area contributed by atoms with Gasteiger partial charge in [0, 0.05) is 19.6 Å². The van der Waals surface area contributed by atoms with Crippen LogP contribution >= 0.6 is 0 Å². The Balaban J connectivity index is 1.17. The van der Waals surface area contributed by atoms with Gasteiger partial charge < -0.3 is 9.47 Å². The molecule has 0 radical (unpaired) electrons. The third kappa shape index (κ3) is 5.39. The molecule has 2 aliphatic rings. The molecule has 2 aromatic carbocycles. The van der Waals surface area contributed by atoms with Crippen molar-refractivity contribution in [2.75, 3.05) is 46.0 Å². The molecular weight excluding hydrogens is 392 g/mol. The number of carbonyl (C=O) groups is 2. The molecule has 31 heavy (non-hydrogen) atoms. The topological polar surface area (TPSA) is 59.1 Å². The third-order valence-electron chi connectivity index (χ3n) is 5.53. The van der Waals surface area contributed by atoms with E-state index in [4.69, 9.17) is 9.47 Å². The van der Waals surface area contributed by atoms with Crippen molar-refractivity contribution in [3.05, 3.63) is 70.8 Å². The Morgan fingerprint density at radius 3 is 2.19 bits per heavy atom. The van der Waals surface area contributed by atoms with Gasteiger partial charge in [0.2, 0.25) is 0 Å². The first-order valence-electron chi connectivity index (χ1n) is 10.6. The summed E-state index contributed by atoms with van der Waals surface area (Å²) in [6, 6.07) is 15.3. The lowest BCUT2D eigenvalue weighted by atomic mass is 10.1. The van der Waals surface area contributed by atoms with Crippen LogP contribution in [0.5, 0.6) is 0 Å². The van der Waals surface area contributed by atoms with Gasteiger partial charge in [0.1, 0.15) is 6.61 Å². The van der Waals surface area contributed by atoms with Crippen molar-refractivity contribution in [2.24, 2.45) is 0 Å². The summed E-state index contributed by atoms with van der Waals surface area (Å²) in [7, 11) is 0. The summed E-state index contributed by atoms with van der Waals surface area (Å²) in [5.74, 6) is 5.17. The van der Waals surface area contributed by atoms with Crippen LogP contribution in [0.1, 0.15) is 31.8 Å². The van der Waals surface area contributed by atoms with Crippen LogP contribution in [0.2, 0.25) is 0 Å². The van der Waals surface area contributed by atoms with Gasteiger partial charge in [-0.2, -0.15) is 0 Å². The zero-order chi connectivity index (χ0) is 21.5. The van der Waals surface area contributed by atoms with Crippen molar-refractivity contribution in [1.29, 1.82) is 0 Å². The van der Waals surface area contributed by atoms with Crippen molar-refractivity contribution in [1.82, 2.24) is 9.80 Å². The number of nitrogens with zero attached hydrogens (tertiary/aromatic N) is 2. The average molecular weight is 418 g/mol. The van der Waals surface area contributed by atoms with E-state index in [2.05, 4.69) is 41.0 Å². The Hall–Kier alpha value is -2.98. The summed E-state index contributed by atoms with van der Waals surface area (Å²) in [6.07, 6.45) is 1.03. The van der Waals surface area contributed by atoms with E-state index >= 15 is 0 Å². The number of hydrogen-bond acceptors (Lipinski definition) is 5. The molecule has 2 aromatic rings. The first-order valence-corrected chi connectivity index (χ1v) is 10.6. The number of ether oxygens (including phenoxy) is 2. The standard InChI is InChI=1S/C25H26N2O4/c28-24-22-5-1-2-6-23(22)25(29)27(24)12-3-4-16-31-19-21-9-7-20(8-10-21)11-13-26-14-17-30-18-15-26/h1-2,5-10H,11-19H2. The third-order valence-corrected chi connectivity index (χ3v) is 5.53. The molecule has 2 heterocycles. The van der Waals surface area contributed by atoms with Crippen LogP contribution in [0.25, 0.3) is 0 Å². The van der Waals surface area contributed by atoms with Gasteiger partial charge in [0.05, 0.1) is 37.5 Å². The molecule has 0 aromatic heterocycles. The zero-order valence-corrected chi connectivity index (χ0v) is 17.5. The van der Waals surface area contributed by atoms with Crippen LogP contribution in [-0.2, 0) is 22.5 Å². The highest BCUT2D eigenvalue weighted by molar-refractivity contribution is 6.21. The fourth-order valence-corrected chi connectivity index (χ4v) is 3.70. The number of amides is 2. The summed E-state index contributed by atoms with van der Waals surface area (Å²) in [6.45, 7) is 5.55. The quantitative estimate of drug-likeness (QED) is 0.393. The lowest BCUT2D eigenvalue weighted by Gasteiger charge is -2.26. The SMILES string of the molecule is O=C1c2ccccc2C(=O)N1CC#CCOCc1ccc(CCN2CCOCC2)cc1. The zero-order valence-electron chi connectivity index (χ0n) is 17.5. The minimum Gasteiger partial charge on any atom is -0.379 e. The smallest absolute Gasteiger partial charge is 0.262 e. The van der Waals surface area contributed by atoms with Crippen LogP contribution in [0.4, 0.5) is 0 Å². The number of carbonyl (C=O) groups excluding carboxylic acids is 2. The van der Waals surface area contributed by atoms with Gasteiger partial charge in [0.15, 0.2) is 0 Å². The number of imide groups is 1. The summed E-state index contributed by atoms with van der Waals surface area (Å²) < 4.78 is 11.0. The summed E-state index contributed by atoms with van der Waals surface area (Å²) in [4.78, 5) is 28.2. The maximum atomic E-state index is 12.3. The number of benzene rings is 2. The highest BCUT2D eigenvalue weighted by atomic mass is 16.5. The van der Waals surface area contributed by atoms with E-state index in [1.165, 1.54) is 10.5 Å². The fraction of sp³-hybridized carbons (Fsp3) is 0.360. The van der Waals surface area contributed by atoms with E-state index in [0.717, 1.165) is 44.8 Å². The average Bonchev–Trinajstić information content (AvgIpc) is 3.06. The van der Waals surface area contributed by atoms with Crippen molar-refractivity contribution < 1.29 is 19.1 Å². The molecule has 1 saturated heterocycles. The van der Waals surface area contributed by atoms with Crippen LogP contribution < -0.4 is 0 Å². The Morgan fingerprint density at radius 2 is 1.52 bits per heavy atom. The maximum absolute atomic E-state index is 12.3. The number of hydrogen-bond donors (Lipinski definition) is 0. The van der Waals surface area contributed by atoms with E-state index in [0.29, 0.717) is 17.7 Å². The van der Waals surface area contributed by atoms with E-state index in [1.807, 2.05) is 0 Å². The molecule has 6 heteroatoms. The van der Waals surface area contributed by atoms with Gasteiger partial charge in [-0.25, -0.2) is 0 Å². The predicted molar refractivity (Wildman–Crippen MR) is 117 cm³/mol. The Morgan fingerprint density at radius 1 is 0.871 bits per heavy atom. The van der Waals surface area contributed by atoms with E-state index in [1.54, 1.807) is 24.3 Å². The fourth-order valence-electron chi connectivity index (χ4n) is 3.70. The molecule has 0 bridgehead atoms. The number of fused-ring (bicyclic) bond motifs is 1. The van der Waals surface area contributed by atoms with E-state index in [9.17, 15) is 9.59 Å². The van der Waals surface area contributed by atoms with Crippen molar-refractivity contribution in [2.45, 2.75) is 13.0 Å². The summed E-state index contributed by atoms with van der Waals surface area (Å²) in [5, 5.41) is 0. The lowest BCUT2D eigenvalue weighted by Crippen LogP contribution is -2.37. The summed E-state index contributed by atoms with van der Waals surface area (Å²) >= 11 is 0. The second kappa shape index (κ2) is 10.4. The van der Waals surface area contributed by atoms with Gasteiger partial charge in [-0.15, -0.1) is 0 Å². The highest BCUT2D eigenvalue weighted by Gasteiger charge is 2.34. The minimum atomic E-state index is -0.287. The molecule has 160 valence electrons. The molecule has 0 spiro atoms. The van der Waals surface area contributed by atoms with Crippen LogP contribution in [0, 0.1) is 11.8 Å². The molecule has 0 unspecified atom stereocenters.